The van der Waals surface area contributed by atoms with E-state index in [1.54, 1.807) is 11.8 Å². The number of carbonyl (C=O) groups is 3. The molecule has 0 aromatic rings. The van der Waals surface area contributed by atoms with Crippen LogP contribution >= 0.6 is 11.8 Å². The van der Waals surface area contributed by atoms with Crippen LogP contribution in [0.1, 0.15) is 32.6 Å². The van der Waals surface area contributed by atoms with E-state index in [1.165, 1.54) is 4.90 Å². The SMILES string of the molecule is CS[C@H](C)C(=O)N1CCC2(CCC(=O)N(CC(=O)O)C2)CC1. The van der Waals surface area contributed by atoms with Crippen molar-refractivity contribution in [2.75, 3.05) is 32.4 Å². The molecule has 0 aliphatic carbocycles. The minimum absolute atomic E-state index is 0.0112. The molecule has 0 bridgehead atoms. The molecule has 22 heavy (non-hydrogen) atoms. The summed E-state index contributed by atoms with van der Waals surface area (Å²) in [5, 5.41) is 8.90. The minimum atomic E-state index is -0.966. The molecule has 2 rings (SSSR count). The molecule has 2 saturated heterocycles. The third-order valence-electron chi connectivity index (χ3n) is 4.91. The number of rotatable bonds is 4. The zero-order chi connectivity index (χ0) is 16.3. The molecule has 2 aliphatic heterocycles. The largest absolute Gasteiger partial charge is 0.480 e. The van der Waals surface area contributed by atoms with Crippen LogP contribution in [0.15, 0.2) is 0 Å². The number of carbonyl (C=O) groups excluding carboxylic acids is 2. The van der Waals surface area contributed by atoms with E-state index in [0.29, 0.717) is 26.1 Å². The smallest absolute Gasteiger partial charge is 0.323 e. The molecule has 7 heteroatoms. The lowest BCUT2D eigenvalue weighted by Crippen LogP contribution is -2.54. The Kier molecular flexibility index (Phi) is 5.36. The van der Waals surface area contributed by atoms with Crippen LogP contribution in [0.5, 0.6) is 0 Å². The highest BCUT2D eigenvalue weighted by molar-refractivity contribution is 7.99. The van der Waals surface area contributed by atoms with Crippen LogP contribution in [0.25, 0.3) is 0 Å². The fourth-order valence-corrected chi connectivity index (χ4v) is 3.73. The quantitative estimate of drug-likeness (QED) is 0.835. The van der Waals surface area contributed by atoms with Gasteiger partial charge in [-0.15, -0.1) is 0 Å². The standard InChI is InChI=1S/C15H24N2O4S/c1-11(22-2)14(21)16-7-5-15(6-8-16)4-3-12(18)17(10-15)9-13(19)20/h11H,3-10H2,1-2H3,(H,19,20)/t11-/m1/s1. The number of thioether (sulfide) groups is 1. The van der Waals surface area contributed by atoms with E-state index in [0.717, 1.165) is 19.3 Å². The Morgan fingerprint density at radius 2 is 1.95 bits per heavy atom. The number of piperidine rings is 2. The Labute approximate surface area is 135 Å². The van der Waals surface area contributed by atoms with Gasteiger partial charge in [0.25, 0.3) is 0 Å². The van der Waals surface area contributed by atoms with Gasteiger partial charge >= 0.3 is 5.97 Å². The zero-order valence-corrected chi connectivity index (χ0v) is 14.0. The maximum Gasteiger partial charge on any atom is 0.323 e. The Hall–Kier alpha value is -1.24. The van der Waals surface area contributed by atoms with Crippen molar-refractivity contribution >= 4 is 29.5 Å². The van der Waals surface area contributed by atoms with E-state index < -0.39 is 5.97 Å². The second-order valence-electron chi connectivity index (χ2n) is 6.35. The molecule has 2 aliphatic rings. The molecule has 2 heterocycles. The van der Waals surface area contributed by atoms with E-state index in [2.05, 4.69) is 0 Å². The van der Waals surface area contributed by atoms with E-state index in [9.17, 15) is 14.4 Å². The Balaban J connectivity index is 1.96. The summed E-state index contributed by atoms with van der Waals surface area (Å²) >= 11 is 1.55. The lowest BCUT2D eigenvalue weighted by Gasteiger charge is -2.47. The molecule has 1 spiro atoms. The summed E-state index contributed by atoms with van der Waals surface area (Å²) in [7, 11) is 0. The van der Waals surface area contributed by atoms with Crippen molar-refractivity contribution in [3.8, 4) is 0 Å². The summed E-state index contributed by atoms with van der Waals surface area (Å²) in [6, 6.07) is 0. The molecule has 0 saturated carbocycles. The van der Waals surface area contributed by atoms with E-state index in [4.69, 9.17) is 5.11 Å². The second-order valence-corrected chi connectivity index (χ2v) is 7.53. The highest BCUT2D eigenvalue weighted by atomic mass is 32.2. The average molecular weight is 328 g/mol. The van der Waals surface area contributed by atoms with Gasteiger partial charge in [-0.1, -0.05) is 0 Å². The first kappa shape index (κ1) is 17.1. The maximum atomic E-state index is 12.2. The van der Waals surface area contributed by atoms with Crippen LogP contribution in [0.3, 0.4) is 0 Å². The van der Waals surface area contributed by atoms with Gasteiger partial charge in [0.2, 0.25) is 11.8 Å². The molecule has 0 aromatic carbocycles. The third-order valence-corrected chi connectivity index (χ3v) is 5.82. The summed E-state index contributed by atoms with van der Waals surface area (Å²) in [5.74, 6) is -0.856. The van der Waals surface area contributed by atoms with Gasteiger partial charge in [0.15, 0.2) is 0 Å². The maximum absolute atomic E-state index is 12.2. The Morgan fingerprint density at radius 1 is 1.32 bits per heavy atom. The first-order chi connectivity index (χ1) is 10.4. The van der Waals surface area contributed by atoms with E-state index in [1.807, 2.05) is 18.1 Å². The molecule has 6 nitrogen and oxygen atoms in total. The summed E-state index contributed by atoms with van der Waals surface area (Å²) in [6.45, 7) is 3.63. The van der Waals surface area contributed by atoms with Crippen LogP contribution in [-0.4, -0.2) is 70.4 Å². The van der Waals surface area contributed by atoms with Gasteiger partial charge in [-0.25, -0.2) is 0 Å². The number of amides is 2. The predicted octanol–water partition coefficient (Wildman–Crippen LogP) is 1.05. The van der Waals surface area contributed by atoms with Crippen LogP contribution in [0, 0.1) is 5.41 Å². The minimum Gasteiger partial charge on any atom is -0.480 e. The Bertz CT molecular complexity index is 460. The highest BCUT2D eigenvalue weighted by Crippen LogP contribution is 2.40. The van der Waals surface area contributed by atoms with E-state index in [-0.39, 0.29) is 29.0 Å². The van der Waals surface area contributed by atoms with Gasteiger partial charge in [0, 0.05) is 26.1 Å². The monoisotopic (exact) mass is 328 g/mol. The number of hydrogen-bond acceptors (Lipinski definition) is 4. The highest BCUT2D eigenvalue weighted by Gasteiger charge is 2.42. The van der Waals surface area contributed by atoms with Crippen molar-refractivity contribution in [2.24, 2.45) is 5.41 Å². The first-order valence-corrected chi connectivity index (χ1v) is 8.97. The molecule has 1 atom stereocenters. The predicted molar refractivity (Wildman–Crippen MR) is 84.7 cm³/mol. The third kappa shape index (κ3) is 3.74. The van der Waals surface area contributed by atoms with Gasteiger partial charge in [0.1, 0.15) is 6.54 Å². The number of carboxylic acids is 1. The molecular weight excluding hydrogens is 304 g/mol. The van der Waals surface area contributed by atoms with Crippen molar-refractivity contribution < 1.29 is 19.5 Å². The first-order valence-electron chi connectivity index (χ1n) is 7.68. The molecular formula is C15H24N2O4S. The van der Waals surface area contributed by atoms with Crippen molar-refractivity contribution in [1.82, 2.24) is 9.80 Å². The van der Waals surface area contributed by atoms with Crippen molar-refractivity contribution in [2.45, 2.75) is 37.9 Å². The van der Waals surface area contributed by atoms with Crippen LogP contribution in [-0.2, 0) is 14.4 Å². The topological polar surface area (TPSA) is 77.9 Å². The summed E-state index contributed by atoms with van der Waals surface area (Å²) in [4.78, 5) is 38.3. The van der Waals surface area contributed by atoms with Gasteiger partial charge < -0.3 is 14.9 Å². The fourth-order valence-electron chi connectivity index (χ4n) is 3.38. The average Bonchev–Trinajstić information content (AvgIpc) is 2.50. The van der Waals surface area contributed by atoms with Crippen LogP contribution in [0.4, 0.5) is 0 Å². The molecule has 0 unspecified atom stereocenters. The second kappa shape index (κ2) is 6.89. The van der Waals surface area contributed by atoms with Gasteiger partial charge in [-0.2, -0.15) is 11.8 Å². The van der Waals surface area contributed by atoms with Crippen molar-refractivity contribution in [3.05, 3.63) is 0 Å². The lowest BCUT2D eigenvalue weighted by atomic mass is 9.72. The number of carboxylic acid groups (broad SMARTS) is 1. The Morgan fingerprint density at radius 3 is 2.50 bits per heavy atom. The summed E-state index contributed by atoms with van der Waals surface area (Å²) in [5.41, 5.74) is -0.0112. The molecule has 1 N–H and O–H groups in total. The van der Waals surface area contributed by atoms with Crippen LogP contribution in [0.2, 0.25) is 0 Å². The normalized spacial score (nSPS) is 22.7. The van der Waals surface area contributed by atoms with Crippen molar-refractivity contribution in [1.29, 1.82) is 0 Å². The van der Waals surface area contributed by atoms with Crippen molar-refractivity contribution in [3.63, 3.8) is 0 Å². The number of likely N-dealkylation sites (tertiary alicyclic amines) is 2. The molecule has 2 fully saturated rings. The molecule has 124 valence electrons. The summed E-state index contributed by atoms with van der Waals surface area (Å²) in [6.07, 6.45) is 4.86. The van der Waals surface area contributed by atoms with Gasteiger partial charge in [-0.3, -0.25) is 14.4 Å². The zero-order valence-electron chi connectivity index (χ0n) is 13.2. The molecule has 0 aromatic heterocycles. The fraction of sp³-hybridized carbons (Fsp3) is 0.800. The summed E-state index contributed by atoms with van der Waals surface area (Å²) < 4.78 is 0. The van der Waals surface area contributed by atoms with E-state index >= 15 is 0 Å². The molecule has 2 amide bonds. The number of aliphatic carboxylic acids is 1. The number of nitrogens with zero attached hydrogens (tertiary/aromatic N) is 2. The molecule has 0 radical (unpaired) electrons. The van der Waals surface area contributed by atoms with Crippen LogP contribution < -0.4 is 0 Å². The van der Waals surface area contributed by atoms with Gasteiger partial charge in [-0.05, 0) is 37.9 Å². The number of hydrogen-bond donors (Lipinski definition) is 1. The lowest BCUT2D eigenvalue weighted by molar-refractivity contribution is -0.150. The van der Waals surface area contributed by atoms with Gasteiger partial charge in [0.05, 0.1) is 5.25 Å².